The van der Waals surface area contributed by atoms with Crippen molar-refractivity contribution < 1.29 is 0 Å². The molecule has 20 heavy (non-hydrogen) atoms. The second kappa shape index (κ2) is 5.92. The minimum atomic E-state index is 0.435. The quantitative estimate of drug-likeness (QED) is 0.893. The molecule has 2 aromatic rings. The molecule has 0 amide bonds. The summed E-state index contributed by atoms with van der Waals surface area (Å²) in [5, 5.41) is 4.80. The first kappa shape index (κ1) is 13.6. The Labute approximate surface area is 121 Å². The highest BCUT2D eigenvalue weighted by atomic mass is 14.9. The third-order valence-electron chi connectivity index (χ3n) is 4.94. The van der Waals surface area contributed by atoms with Gasteiger partial charge in [-0.25, -0.2) is 0 Å². The summed E-state index contributed by atoms with van der Waals surface area (Å²) < 4.78 is 0. The molecule has 1 aliphatic carbocycles. The Morgan fingerprint density at radius 3 is 2.85 bits per heavy atom. The van der Waals surface area contributed by atoms with E-state index < -0.39 is 0 Å². The number of pyridine rings is 1. The van der Waals surface area contributed by atoms with Crippen LogP contribution in [0.2, 0.25) is 0 Å². The number of hydrogen-bond donors (Lipinski definition) is 1. The largest absolute Gasteiger partial charge is 0.313 e. The molecule has 0 aliphatic heterocycles. The van der Waals surface area contributed by atoms with Crippen LogP contribution < -0.4 is 5.32 Å². The smallest absolute Gasteiger partial charge is 0.0749 e. The van der Waals surface area contributed by atoms with E-state index in [0.717, 1.165) is 17.4 Å². The average Bonchev–Trinajstić information content (AvgIpc) is 2.97. The van der Waals surface area contributed by atoms with Crippen molar-refractivity contribution in [3.8, 4) is 0 Å². The van der Waals surface area contributed by atoms with Crippen molar-refractivity contribution in [1.82, 2.24) is 10.3 Å². The van der Waals surface area contributed by atoms with Crippen molar-refractivity contribution in [1.29, 1.82) is 0 Å². The van der Waals surface area contributed by atoms with Gasteiger partial charge < -0.3 is 5.32 Å². The Kier molecular flexibility index (Phi) is 4.02. The van der Waals surface area contributed by atoms with Crippen molar-refractivity contribution in [2.24, 2.45) is 11.8 Å². The van der Waals surface area contributed by atoms with E-state index in [4.69, 9.17) is 0 Å². The van der Waals surface area contributed by atoms with Crippen LogP contribution in [-0.4, -0.2) is 12.0 Å². The average molecular weight is 268 g/mol. The van der Waals surface area contributed by atoms with Gasteiger partial charge >= 0.3 is 0 Å². The summed E-state index contributed by atoms with van der Waals surface area (Å²) in [6.45, 7) is 2.32. The van der Waals surface area contributed by atoms with E-state index >= 15 is 0 Å². The van der Waals surface area contributed by atoms with Gasteiger partial charge in [-0.3, -0.25) is 4.98 Å². The van der Waals surface area contributed by atoms with Gasteiger partial charge in [0.1, 0.15) is 0 Å². The van der Waals surface area contributed by atoms with E-state index in [1.165, 1.54) is 36.6 Å². The summed E-state index contributed by atoms with van der Waals surface area (Å²) in [5.74, 6) is 1.66. The number of benzene rings is 1. The lowest BCUT2D eigenvalue weighted by molar-refractivity contribution is 0.374. The van der Waals surface area contributed by atoms with Crippen molar-refractivity contribution >= 4 is 10.9 Å². The monoisotopic (exact) mass is 268 g/mol. The van der Waals surface area contributed by atoms with E-state index in [1.807, 2.05) is 12.3 Å². The van der Waals surface area contributed by atoms with Crippen LogP contribution in [0.3, 0.4) is 0 Å². The minimum absolute atomic E-state index is 0.435. The first-order valence-electron chi connectivity index (χ1n) is 7.84. The van der Waals surface area contributed by atoms with Crippen LogP contribution in [-0.2, 0) is 0 Å². The topological polar surface area (TPSA) is 24.9 Å². The summed E-state index contributed by atoms with van der Waals surface area (Å²) in [4.78, 5) is 4.62. The zero-order valence-electron chi connectivity index (χ0n) is 12.5. The minimum Gasteiger partial charge on any atom is -0.313 e. The Balaban J connectivity index is 1.95. The third-order valence-corrected chi connectivity index (χ3v) is 4.94. The van der Waals surface area contributed by atoms with Crippen molar-refractivity contribution in [2.75, 3.05) is 7.05 Å². The molecule has 3 atom stereocenters. The SMILES string of the molecule is CCC1CCC(C(NC)c2cccc3cccnc23)C1. The summed E-state index contributed by atoms with van der Waals surface area (Å²) in [5.41, 5.74) is 2.53. The zero-order chi connectivity index (χ0) is 13.9. The standard InChI is InChI=1S/C18H24N2/c1-3-13-9-10-15(12-13)17(19-2)16-8-4-6-14-7-5-11-20-18(14)16/h4-8,11,13,15,17,19H,3,9-10,12H2,1-2H3. The zero-order valence-corrected chi connectivity index (χ0v) is 12.5. The molecule has 1 aliphatic rings. The predicted octanol–water partition coefficient (Wildman–Crippen LogP) is 4.32. The fourth-order valence-electron chi connectivity index (χ4n) is 3.81. The molecule has 106 valence electrons. The van der Waals surface area contributed by atoms with Gasteiger partial charge in [0.2, 0.25) is 0 Å². The number of nitrogens with one attached hydrogen (secondary N) is 1. The number of aromatic nitrogens is 1. The van der Waals surface area contributed by atoms with E-state index in [2.05, 4.69) is 48.5 Å². The maximum Gasteiger partial charge on any atom is 0.0749 e. The van der Waals surface area contributed by atoms with Gasteiger partial charge in [-0.1, -0.05) is 44.0 Å². The highest BCUT2D eigenvalue weighted by Crippen LogP contribution is 2.41. The lowest BCUT2D eigenvalue weighted by Gasteiger charge is -2.24. The van der Waals surface area contributed by atoms with Gasteiger partial charge in [0.05, 0.1) is 5.52 Å². The molecule has 3 unspecified atom stereocenters. The molecule has 0 radical (unpaired) electrons. The lowest BCUT2D eigenvalue weighted by Crippen LogP contribution is -2.24. The predicted molar refractivity (Wildman–Crippen MR) is 84.7 cm³/mol. The van der Waals surface area contributed by atoms with Crippen LogP contribution in [0.25, 0.3) is 10.9 Å². The molecular weight excluding hydrogens is 244 g/mol. The van der Waals surface area contributed by atoms with E-state index in [-0.39, 0.29) is 0 Å². The summed E-state index contributed by atoms with van der Waals surface area (Å²) >= 11 is 0. The molecule has 1 saturated carbocycles. The maximum absolute atomic E-state index is 4.62. The summed E-state index contributed by atoms with van der Waals surface area (Å²) in [6.07, 6.45) is 7.30. The Hall–Kier alpha value is -1.41. The number of rotatable bonds is 4. The fourth-order valence-corrected chi connectivity index (χ4v) is 3.81. The molecule has 0 bridgehead atoms. The first-order chi connectivity index (χ1) is 9.83. The fraction of sp³-hybridized carbons (Fsp3) is 0.500. The maximum atomic E-state index is 4.62. The van der Waals surface area contributed by atoms with E-state index in [1.54, 1.807) is 0 Å². The van der Waals surface area contributed by atoms with Crippen molar-refractivity contribution in [2.45, 2.75) is 38.6 Å². The Morgan fingerprint density at radius 2 is 2.10 bits per heavy atom. The van der Waals surface area contributed by atoms with Crippen LogP contribution in [0.15, 0.2) is 36.5 Å². The van der Waals surface area contributed by atoms with Gasteiger partial charge in [-0.15, -0.1) is 0 Å². The highest BCUT2D eigenvalue weighted by Gasteiger charge is 2.31. The summed E-state index contributed by atoms with van der Waals surface area (Å²) in [7, 11) is 2.09. The molecule has 1 fully saturated rings. The van der Waals surface area contributed by atoms with Gasteiger partial charge in [0.25, 0.3) is 0 Å². The number of hydrogen-bond acceptors (Lipinski definition) is 2. The van der Waals surface area contributed by atoms with Crippen molar-refractivity contribution in [3.63, 3.8) is 0 Å². The lowest BCUT2D eigenvalue weighted by atomic mass is 9.89. The van der Waals surface area contributed by atoms with E-state index in [9.17, 15) is 0 Å². The Bertz CT molecular complexity index is 573. The number of fused-ring (bicyclic) bond motifs is 1. The molecule has 1 aromatic heterocycles. The van der Waals surface area contributed by atoms with Crippen LogP contribution in [0.4, 0.5) is 0 Å². The molecule has 2 heteroatoms. The van der Waals surface area contributed by atoms with Gasteiger partial charge in [0, 0.05) is 17.6 Å². The normalized spacial score (nSPS) is 24.1. The van der Waals surface area contributed by atoms with Crippen LogP contribution >= 0.6 is 0 Å². The van der Waals surface area contributed by atoms with Crippen LogP contribution in [0.5, 0.6) is 0 Å². The molecule has 3 rings (SSSR count). The second-order valence-electron chi connectivity index (χ2n) is 6.04. The summed E-state index contributed by atoms with van der Waals surface area (Å²) in [6, 6.07) is 11.2. The van der Waals surface area contributed by atoms with Gasteiger partial charge in [-0.05, 0) is 43.4 Å². The molecule has 1 N–H and O–H groups in total. The number of para-hydroxylation sites is 1. The van der Waals surface area contributed by atoms with Crippen molar-refractivity contribution in [3.05, 3.63) is 42.1 Å². The molecule has 0 saturated heterocycles. The van der Waals surface area contributed by atoms with Gasteiger partial charge in [0.15, 0.2) is 0 Å². The third kappa shape index (κ3) is 2.45. The highest BCUT2D eigenvalue weighted by molar-refractivity contribution is 5.82. The number of nitrogens with zero attached hydrogens (tertiary/aromatic N) is 1. The molecule has 0 spiro atoms. The molecule has 2 nitrogen and oxygen atoms in total. The van der Waals surface area contributed by atoms with Crippen LogP contribution in [0, 0.1) is 11.8 Å². The molecular formula is C18H24N2. The first-order valence-corrected chi connectivity index (χ1v) is 7.84. The Morgan fingerprint density at radius 1 is 1.25 bits per heavy atom. The van der Waals surface area contributed by atoms with E-state index in [0.29, 0.717) is 6.04 Å². The molecule has 1 aromatic carbocycles. The molecule has 1 heterocycles. The van der Waals surface area contributed by atoms with Gasteiger partial charge in [-0.2, -0.15) is 0 Å². The second-order valence-corrected chi connectivity index (χ2v) is 6.04. The van der Waals surface area contributed by atoms with Crippen LogP contribution in [0.1, 0.15) is 44.2 Å².